The maximum Gasteiger partial charge on any atom is 0.0326 e. The molecule has 3 rings (SSSR count). The molecule has 0 radical (unpaired) electrons. The van der Waals surface area contributed by atoms with Gasteiger partial charge in [-0.05, 0) is 51.3 Å². The minimum absolute atomic E-state index is 0.541. The molecule has 2 aliphatic rings. The first kappa shape index (κ1) is 13.1. The Morgan fingerprint density at radius 2 is 2.00 bits per heavy atom. The standard InChI is InChI=1S/C17H26N2/c1-13-7-4-5-9-17(13)15(3)19-12-16-8-6-10-18(16)11-14(19)2/h4-5,7,9,14-16H,6,8,10-12H2,1-3H3. The molecule has 3 atom stereocenters. The summed E-state index contributed by atoms with van der Waals surface area (Å²) >= 11 is 0. The predicted molar refractivity (Wildman–Crippen MR) is 80.4 cm³/mol. The van der Waals surface area contributed by atoms with Gasteiger partial charge in [-0.3, -0.25) is 9.80 Å². The highest BCUT2D eigenvalue weighted by atomic mass is 15.3. The summed E-state index contributed by atoms with van der Waals surface area (Å²) in [6, 6.07) is 10.9. The third-order valence-corrected chi connectivity index (χ3v) is 5.12. The smallest absolute Gasteiger partial charge is 0.0326 e. The molecular formula is C17H26N2. The van der Waals surface area contributed by atoms with Gasteiger partial charge in [0.15, 0.2) is 0 Å². The number of fused-ring (bicyclic) bond motifs is 1. The molecule has 0 aromatic heterocycles. The summed E-state index contributed by atoms with van der Waals surface area (Å²) in [4.78, 5) is 5.42. The van der Waals surface area contributed by atoms with E-state index < -0.39 is 0 Å². The maximum atomic E-state index is 2.72. The van der Waals surface area contributed by atoms with Crippen LogP contribution in [0.3, 0.4) is 0 Å². The molecule has 1 aromatic carbocycles. The van der Waals surface area contributed by atoms with Gasteiger partial charge in [-0.15, -0.1) is 0 Å². The molecule has 0 saturated carbocycles. The Morgan fingerprint density at radius 1 is 1.21 bits per heavy atom. The summed E-state index contributed by atoms with van der Waals surface area (Å²) in [5, 5.41) is 0. The van der Waals surface area contributed by atoms with Gasteiger partial charge in [0.25, 0.3) is 0 Å². The van der Waals surface area contributed by atoms with E-state index in [4.69, 9.17) is 0 Å². The van der Waals surface area contributed by atoms with E-state index in [0.29, 0.717) is 12.1 Å². The number of benzene rings is 1. The van der Waals surface area contributed by atoms with Crippen LogP contribution in [0.25, 0.3) is 0 Å². The van der Waals surface area contributed by atoms with E-state index in [9.17, 15) is 0 Å². The van der Waals surface area contributed by atoms with Gasteiger partial charge in [-0.25, -0.2) is 0 Å². The number of nitrogens with zero attached hydrogens (tertiary/aromatic N) is 2. The molecule has 2 aliphatic heterocycles. The van der Waals surface area contributed by atoms with Crippen molar-refractivity contribution in [1.29, 1.82) is 0 Å². The van der Waals surface area contributed by atoms with Crippen LogP contribution in [0.4, 0.5) is 0 Å². The van der Waals surface area contributed by atoms with Gasteiger partial charge in [0, 0.05) is 31.2 Å². The Bertz CT molecular complexity index is 443. The van der Waals surface area contributed by atoms with E-state index in [0.717, 1.165) is 6.04 Å². The highest BCUT2D eigenvalue weighted by molar-refractivity contribution is 5.28. The van der Waals surface area contributed by atoms with Crippen molar-refractivity contribution in [3.63, 3.8) is 0 Å². The summed E-state index contributed by atoms with van der Waals surface area (Å²) in [6.45, 7) is 10.8. The Kier molecular flexibility index (Phi) is 3.64. The van der Waals surface area contributed by atoms with Crippen LogP contribution in [0.2, 0.25) is 0 Å². The third kappa shape index (κ3) is 2.44. The van der Waals surface area contributed by atoms with Crippen molar-refractivity contribution in [3.05, 3.63) is 35.4 Å². The minimum Gasteiger partial charge on any atom is -0.298 e. The van der Waals surface area contributed by atoms with Crippen LogP contribution in [0.15, 0.2) is 24.3 Å². The van der Waals surface area contributed by atoms with Crippen LogP contribution in [0.1, 0.15) is 43.9 Å². The molecule has 3 unspecified atom stereocenters. The van der Waals surface area contributed by atoms with Crippen molar-refractivity contribution in [2.75, 3.05) is 19.6 Å². The summed E-state index contributed by atoms with van der Waals surface area (Å²) in [5.74, 6) is 0. The molecule has 19 heavy (non-hydrogen) atoms. The molecule has 0 spiro atoms. The molecule has 0 N–H and O–H groups in total. The molecule has 2 nitrogen and oxygen atoms in total. The van der Waals surface area contributed by atoms with Crippen LogP contribution < -0.4 is 0 Å². The van der Waals surface area contributed by atoms with Gasteiger partial charge in [0.05, 0.1) is 0 Å². The molecule has 2 saturated heterocycles. The number of hydrogen-bond donors (Lipinski definition) is 0. The lowest BCUT2D eigenvalue weighted by molar-refractivity contribution is 0.0324. The molecule has 0 bridgehead atoms. The van der Waals surface area contributed by atoms with E-state index >= 15 is 0 Å². The van der Waals surface area contributed by atoms with Crippen molar-refractivity contribution in [1.82, 2.24) is 9.80 Å². The fourth-order valence-electron chi connectivity index (χ4n) is 3.98. The summed E-state index contributed by atoms with van der Waals surface area (Å²) in [5.41, 5.74) is 2.93. The Morgan fingerprint density at radius 3 is 2.79 bits per heavy atom. The van der Waals surface area contributed by atoms with Gasteiger partial charge in [-0.2, -0.15) is 0 Å². The van der Waals surface area contributed by atoms with Gasteiger partial charge in [-0.1, -0.05) is 24.3 Å². The lowest BCUT2D eigenvalue weighted by Crippen LogP contribution is -2.55. The van der Waals surface area contributed by atoms with Gasteiger partial charge < -0.3 is 0 Å². The SMILES string of the molecule is Cc1ccccc1C(C)N1CC2CCCN2CC1C. The Balaban J connectivity index is 1.79. The number of hydrogen-bond acceptors (Lipinski definition) is 2. The van der Waals surface area contributed by atoms with Crippen molar-refractivity contribution in [2.45, 2.75) is 51.7 Å². The molecule has 104 valence electrons. The average molecular weight is 258 g/mol. The molecule has 0 aliphatic carbocycles. The zero-order valence-corrected chi connectivity index (χ0v) is 12.5. The second-order valence-electron chi connectivity index (χ2n) is 6.37. The predicted octanol–water partition coefficient (Wildman–Crippen LogP) is 3.22. The van der Waals surface area contributed by atoms with Crippen molar-refractivity contribution in [2.24, 2.45) is 0 Å². The fraction of sp³-hybridized carbons (Fsp3) is 0.647. The van der Waals surface area contributed by atoms with Crippen LogP contribution >= 0.6 is 0 Å². The number of aryl methyl sites for hydroxylation is 1. The van der Waals surface area contributed by atoms with E-state index in [1.54, 1.807) is 0 Å². The summed E-state index contributed by atoms with van der Waals surface area (Å²) in [6.07, 6.45) is 2.79. The molecular weight excluding hydrogens is 232 g/mol. The van der Waals surface area contributed by atoms with E-state index in [2.05, 4.69) is 54.8 Å². The lowest BCUT2D eigenvalue weighted by Gasteiger charge is -2.45. The highest BCUT2D eigenvalue weighted by Gasteiger charge is 2.36. The number of piperazine rings is 1. The molecule has 1 aromatic rings. The van der Waals surface area contributed by atoms with Crippen LogP contribution in [-0.4, -0.2) is 41.5 Å². The molecule has 0 amide bonds. The average Bonchev–Trinajstić information content (AvgIpc) is 2.84. The normalized spacial score (nSPS) is 30.3. The maximum absolute atomic E-state index is 2.72. The monoisotopic (exact) mass is 258 g/mol. The minimum atomic E-state index is 0.541. The summed E-state index contributed by atoms with van der Waals surface area (Å²) < 4.78 is 0. The Labute approximate surface area is 117 Å². The Hall–Kier alpha value is -0.860. The van der Waals surface area contributed by atoms with Gasteiger partial charge in [0.2, 0.25) is 0 Å². The third-order valence-electron chi connectivity index (χ3n) is 5.12. The second-order valence-corrected chi connectivity index (χ2v) is 6.37. The van der Waals surface area contributed by atoms with Crippen molar-refractivity contribution >= 4 is 0 Å². The van der Waals surface area contributed by atoms with Crippen molar-refractivity contribution in [3.8, 4) is 0 Å². The van der Waals surface area contributed by atoms with E-state index in [-0.39, 0.29) is 0 Å². The zero-order valence-electron chi connectivity index (χ0n) is 12.5. The summed E-state index contributed by atoms with van der Waals surface area (Å²) in [7, 11) is 0. The molecule has 2 heteroatoms. The largest absolute Gasteiger partial charge is 0.298 e. The van der Waals surface area contributed by atoms with Crippen molar-refractivity contribution < 1.29 is 0 Å². The van der Waals surface area contributed by atoms with Crippen LogP contribution in [0.5, 0.6) is 0 Å². The second kappa shape index (κ2) is 5.26. The fourth-order valence-corrected chi connectivity index (χ4v) is 3.98. The zero-order chi connectivity index (χ0) is 13.4. The van der Waals surface area contributed by atoms with Gasteiger partial charge >= 0.3 is 0 Å². The van der Waals surface area contributed by atoms with E-state index in [1.807, 2.05) is 0 Å². The van der Waals surface area contributed by atoms with Gasteiger partial charge in [0.1, 0.15) is 0 Å². The van der Waals surface area contributed by atoms with Crippen LogP contribution in [0, 0.1) is 6.92 Å². The topological polar surface area (TPSA) is 6.48 Å². The van der Waals surface area contributed by atoms with E-state index in [1.165, 1.54) is 43.6 Å². The first-order chi connectivity index (χ1) is 9.16. The number of rotatable bonds is 2. The lowest BCUT2D eigenvalue weighted by atomic mass is 9.97. The molecule has 2 fully saturated rings. The molecule has 2 heterocycles. The first-order valence-electron chi connectivity index (χ1n) is 7.72. The van der Waals surface area contributed by atoms with Crippen LogP contribution in [-0.2, 0) is 0 Å². The highest BCUT2D eigenvalue weighted by Crippen LogP contribution is 2.31. The first-order valence-corrected chi connectivity index (χ1v) is 7.72. The quantitative estimate of drug-likeness (QED) is 0.803.